The fourth-order valence-corrected chi connectivity index (χ4v) is 3.52. The summed E-state index contributed by atoms with van der Waals surface area (Å²) in [5, 5.41) is 12.1. The minimum absolute atomic E-state index is 0.0350. The van der Waals surface area contributed by atoms with Gasteiger partial charge in [0.05, 0.1) is 5.75 Å². The smallest absolute Gasteiger partial charge is 0.230 e. The van der Waals surface area contributed by atoms with Gasteiger partial charge < -0.3 is 9.73 Å². The van der Waals surface area contributed by atoms with E-state index in [4.69, 9.17) is 4.42 Å². The van der Waals surface area contributed by atoms with Gasteiger partial charge in [0.1, 0.15) is 0 Å². The Kier molecular flexibility index (Phi) is 6.51. The number of halogens is 1. The number of amides is 1. The summed E-state index contributed by atoms with van der Waals surface area (Å²) in [5.41, 5.74) is 1.07. The number of rotatable bonds is 8. The molecule has 0 aliphatic rings. The van der Waals surface area contributed by atoms with Gasteiger partial charge in [-0.15, -0.1) is 10.2 Å². The van der Waals surface area contributed by atoms with Gasteiger partial charge in [0, 0.05) is 13.1 Å². The van der Waals surface area contributed by atoms with Gasteiger partial charge in [-0.25, -0.2) is 0 Å². The first-order valence-electron chi connectivity index (χ1n) is 8.29. The molecule has 0 aliphatic carbocycles. The molecule has 8 heteroatoms. The third kappa shape index (κ3) is 4.76. The number of hydrogen-bond acceptors (Lipinski definition) is 5. The summed E-state index contributed by atoms with van der Waals surface area (Å²) in [5.74, 6) is 1.58. The topological polar surface area (TPSA) is 73.0 Å². The van der Waals surface area contributed by atoms with Crippen molar-refractivity contribution in [3.63, 3.8) is 0 Å². The maximum Gasteiger partial charge on any atom is 0.230 e. The van der Waals surface area contributed by atoms with Gasteiger partial charge in [-0.2, -0.15) is 0 Å². The SMILES string of the molecule is CCCn1c(SCC(=O)NCc2ccccc2)nnc1-c1ccc(Br)o1. The second-order valence-electron chi connectivity index (χ2n) is 5.61. The van der Waals surface area contributed by atoms with Crippen LogP contribution in [0.3, 0.4) is 0 Å². The summed E-state index contributed by atoms with van der Waals surface area (Å²) in [7, 11) is 0. The van der Waals surface area contributed by atoms with E-state index >= 15 is 0 Å². The summed E-state index contributed by atoms with van der Waals surface area (Å²) in [6.45, 7) is 3.37. The fraction of sp³-hybridized carbons (Fsp3) is 0.278. The van der Waals surface area contributed by atoms with Crippen LogP contribution in [-0.2, 0) is 17.9 Å². The summed E-state index contributed by atoms with van der Waals surface area (Å²) >= 11 is 4.68. The molecule has 1 N–H and O–H groups in total. The van der Waals surface area contributed by atoms with Crippen LogP contribution in [0, 0.1) is 0 Å². The molecule has 0 unspecified atom stereocenters. The zero-order chi connectivity index (χ0) is 18.4. The minimum atomic E-state index is -0.0350. The highest BCUT2D eigenvalue weighted by atomic mass is 79.9. The van der Waals surface area contributed by atoms with Crippen molar-refractivity contribution in [1.82, 2.24) is 20.1 Å². The molecule has 3 aromatic rings. The van der Waals surface area contributed by atoms with Gasteiger partial charge in [-0.05, 0) is 40.0 Å². The highest BCUT2D eigenvalue weighted by molar-refractivity contribution is 9.10. The van der Waals surface area contributed by atoms with E-state index in [1.807, 2.05) is 47.0 Å². The summed E-state index contributed by atoms with van der Waals surface area (Å²) in [4.78, 5) is 12.1. The molecule has 0 saturated carbocycles. The molecule has 0 fully saturated rings. The zero-order valence-corrected chi connectivity index (χ0v) is 16.7. The van der Waals surface area contributed by atoms with Gasteiger partial charge in [-0.3, -0.25) is 9.36 Å². The zero-order valence-electron chi connectivity index (χ0n) is 14.3. The van der Waals surface area contributed by atoms with Crippen LogP contribution < -0.4 is 5.32 Å². The van der Waals surface area contributed by atoms with E-state index in [1.54, 1.807) is 0 Å². The van der Waals surface area contributed by atoms with E-state index in [1.165, 1.54) is 11.8 Å². The Morgan fingerprint density at radius 3 is 2.73 bits per heavy atom. The number of hydrogen-bond donors (Lipinski definition) is 1. The molecule has 2 heterocycles. The molecule has 1 aromatic carbocycles. The van der Waals surface area contributed by atoms with Crippen molar-refractivity contribution in [3.05, 3.63) is 52.7 Å². The predicted molar refractivity (Wildman–Crippen MR) is 105 cm³/mol. The number of aromatic nitrogens is 3. The number of benzene rings is 1. The first kappa shape index (κ1) is 18.7. The van der Waals surface area contributed by atoms with Crippen molar-refractivity contribution in [2.45, 2.75) is 31.6 Å². The Hall–Kier alpha value is -2.06. The second-order valence-corrected chi connectivity index (χ2v) is 7.34. The van der Waals surface area contributed by atoms with Crippen LogP contribution in [-0.4, -0.2) is 26.4 Å². The standard InChI is InChI=1S/C18H19BrN4O2S/c1-2-10-23-17(14-8-9-15(19)25-14)21-22-18(23)26-12-16(24)20-11-13-6-4-3-5-7-13/h3-9H,2,10-12H2,1H3,(H,20,24). The molecular weight excluding hydrogens is 416 g/mol. The van der Waals surface area contributed by atoms with Crippen LogP contribution in [0.15, 0.2) is 56.7 Å². The fourth-order valence-electron chi connectivity index (χ4n) is 2.42. The summed E-state index contributed by atoms with van der Waals surface area (Å²) < 4.78 is 8.22. The third-order valence-electron chi connectivity index (χ3n) is 3.62. The largest absolute Gasteiger partial charge is 0.446 e. The number of thioether (sulfide) groups is 1. The first-order valence-corrected chi connectivity index (χ1v) is 10.1. The molecule has 0 aliphatic heterocycles. The Bertz CT molecular complexity index is 863. The molecule has 0 radical (unpaired) electrons. The average molecular weight is 435 g/mol. The summed E-state index contributed by atoms with van der Waals surface area (Å²) in [6, 6.07) is 13.5. The normalized spacial score (nSPS) is 10.8. The lowest BCUT2D eigenvalue weighted by Crippen LogP contribution is -2.24. The van der Waals surface area contributed by atoms with E-state index in [2.05, 4.69) is 38.4 Å². The molecule has 1 amide bonds. The number of nitrogens with one attached hydrogen (secondary N) is 1. The number of nitrogens with zero attached hydrogens (tertiary/aromatic N) is 3. The molecular formula is C18H19BrN4O2S. The predicted octanol–water partition coefficient (Wildman–Crippen LogP) is 4.12. The van der Waals surface area contributed by atoms with Gasteiger partial charge in [0.25, 0.3) is 0 Å². The Labute approximate surface area is 164 Å². The Balaban J connectivity index is 1.62. The molecule has 26 heavy (non-hydrogen) atoms. The maximum atomic E-state index is 12.1. The quantitative estimate of drug-likeness (QED) is 0.539. The Morgan fingerprint density at radius 1 is 1.23 bits per heavy atom. The lowest BCUT2D eigenvalue weighted by molar-refractivity contribution is -0.118. The van der Waals surface area contributed by atoms with Crippen molar-refractivity contribution in [2.24, 2.45) is 0 Å². The monoisotopic (exact) mass is 434 g/mol. The highest BCUT2D eigenvalue weighted by Gasteiger charge is 2.17. The van der Waals surface area contributed by atoms with Crippen LogP contribution in [0.5, 0.6) is 0 Å². The summed E-state index contributed by atoms with van der Waals surface area (Å²) in [6.07, 6.45) is 0.931. The van der Waals surface area contributed by atoms with Crippen LogP contribution in [0.25, 0.3) is 11.6 Å². The number of carbonyl (C=O) groups excluding carboxylic acids is 1. The van der Waals surface area contributed by atoms with Crippen LogP contribution in [0.1, 0.15) is 18.9 Å². The van der Waals surface area contributed by atoms with E-state index in [0.29, 0.717) is 28.0 Å². The molecule has 0 atom stereocenters. The molecule has 136 valence electrons. The van der Waals surface area contributed by atoms with Crippen molar-refractivity contribution in [1.29, 1.82) is 0 Å². The van der Waals surface area contributed by atoms with Crippen molar-refractivity contribution in [2.75, 3.05) is 5.75 Å². The molecule has 3 rings (SSSR count). The first-order chi connectivity index (χ1) is 12.7. The molecule has 0 spiro atoms. The second kappa shape index (κ2) is 9.05. The van der Waals surface area contributed by atoms with Gasteiger partial charge >= 0.3 is 0 Å². The number of furan rings is 1. The average Bonchev–Trinajstić information content (AvgIpc) is 3.25. The van der Waals surface area contributed by atoms with E-state index in [0.717, 1.165) is 18.5 Å². The molecule has 6 nitrogen and oxygen atoms in total. The van der Waals surface area contributed by atoms with Crippen LogP contribution in [0.4, 0.5) is 0 Å². The van der Waals surface area contributed by atoms with E-state index < -0.39 is 0 Å². The van der Waals surface area contributed by atoms with Gasteiger partial charge in [-0.1, -0.05) is 49.0 Å². The van der Waals surface area contributed by atoms with Crippen LogP contribution >= 0.6 is 27.7 Å². The van der Waals surface area contributed by atoms with Crippen molar-refractivity contribution >= 4 is 33.6 Å². The molecule has 0 bridgehead atoms. The maximum absolute atomic E-state index is 12.1. The van der Waals surface area contributed by atoms with Crippen molar-refractivity contribution in [3.8, 4) is 11.6 Å². The van der Waals surface area contributed by atoms with E-state index in [-0.39, 0.29) is 11.7 Å². The van der Waals surface area contributed by atoms with Gasteiger partial charge in [0.15, 0.2) is 15.6 Å². The van der Waals surface area contributed by atoms with Crippen molar-refractivity contribution < 1.29 is 9.21 Å². The van der Waals surface area contributed by atoms with Gasteiger partial charge in [0.2, 0.25) is 11.7 Å². The number of carbonyl (C=O) groups is 1. The third-order valence-corrected chi connectivity index (χ3v) is 5.02. The highest BCUT2D eigenvalue weighted by Crippen LogP contribution is 2.27. The Morgan fingerprint density at radius 2 is 2.04 bits per heavy atom. The van der Waals surface area contributed by atoms with E-state index in [9.17, 15) is 4.79 Å². The lowest BCUT2D eigenvalue weighted by atomic mass is 10.2. The minimum Gasteiger partial charge on any atom is -0.446 e. The lowest BCUT2D eigenvalue weighted by Gasteiger charge is -2.08. The van der Waals surface area contributed by atoms with Crippen LogP contribution in [0.2, 0.25) is 0 Å². The molecule has 0 saturated heterocycles. The molecule has 2 aromatic heterocycles.